The Labute approximate surface area is 106 Å². The van der Waals surface area contributed by atoms with E-state index in [4.69, 9.17) is 4.74 Å². The smallest absolute Gasteiger partial charge is 0.164 e. The molecular weight excluding hydrogens is 228 g/mol. The fourth-order valence-electron chi connectivity index (χ4n) is 2.03. The van der Waals surface area contributed by atoms with E-state index in [9.17, 15) is 10.2 Å². The van der Waals surface area contributed by atoms with Gasteiger partial charge in [0.1, 0.15) is 0 Å². The highest BCUT2D eigenvalue weighted by Gasteiger charge is 2.13. The number of methoxy groups -OCH3 is 1. The minimum absolute atomic E-state index is 0.0706. The maximum absolute atomic E-state index is 9.78. The van der Waals surface area contributed by atoms with Crippen molar-refractivity contribution in [2.75, 3.05) is 7.11 Å². The maximum atomic E-state index is 9.78. The van der Waals surface area contributed by atoms with Crippen molar-refractivity contribution in [1.29, 1.82) is 0 Å². The summed E-state index contributed by atoms with van der Waals surface area (Å²) in [5.74, 6) is 0.533. The predicted molar refractivity (Wildman–Crippen MR) is 69.8 cm³/mol. The average Bonchev–Trinajstić information content (AvgIpc) is 2.40. The van der Waals surface area contributed by atoms with Crippen molar-refractivity contribution in [2.24, 2.45) is 0 Å². The molecule has 0 aliphatic carbocycles. The Hall–Kier alpha value is -2.00. The first-order valence-electron chi connectivity index (χ1n) is 5.78. The third-order valence-electron chi connectivity index (χ3n) is 2.93. The molecule has 0 atom stereocenters. The molecular formula is C15H16O3. The standard InChI is InChI=1S/C15H16O3/c1-18-15-13(9-11-5-3-2-4-6-11)12(10-16)7-8-14(15)17/h2-8,16-17H,9-10H2,1H3. The molecule has 0 spiro atoms. The van der Waals surface area contributed by atoms with Gasteiger partial charge in [-0.2, -0.15) is 0 Å². The molecule has 2 aromatic carbocycles. The Morgan fingerprint density at radius 3 is 2.39 bits per heavy atom. The molecule has 2 rings (SSSR count). The van der Waals surface area contributed by atoms with Gasteiger partial charge in [0.15, 0.2) is 11.5 Å². The van der Waals surface area contributed by atoms with Crippen LogP contribution in [0.4, 0.5) is 0 Å². The summed E-state index contributed by atoms with van der Waals surface area (Å²) >= 11 is 0. The lowest BCUT2D eigenvalue weighted by Gasteiger charge is -2.14. The number of ether oxygens (including phenoxy) is 1. The Bertz CT molecular complexity index is 521. The van der Waals surface area contributed by atoms with Crippen molar-refractivity contribution in [1.82, 2.24) is 0 Å². The molecule has 0 saturated carbocycles. The van der Waals surface area contributed by atoms with Crippen LogP contribution in [0.15, 0.2) is 42.5 Å². The largest absolute Gasteiger partial charge is 0.504 e. The van der Waals surface area contributed by atoms with Crippen LogP contribution in [0.5, 0.6) is 11.5 Å². The van der Waals surface area contributed by atoms with E-state index in [1.54, 1.807) is 12.1 Å². The summed E-state index contributed by atoms with van der Waals surface area (Å²) in [6.45, 7) is -0.0706. The van der Waals surface area contributed by atoms with Crippen LogP contribution in [0.3, 0.4) is 0 Å². The van der Waals surface area contributed by atoms with E-state index >= 15 is 0 Å². The summed E-state index contributed by atoms with van der Waals surface area (Å²) in [7, 11) is 1.52. The van der Waals surface area contributed by atoms with Gasteiger partial charge in [-0.3, -0.25) is 0 Å². The van der Waals surface area contributed by atoms with Gasteiger partial charge in [0.25, 0.3) is 0 Å². The van der Waals surface area contributed by atoms with E-state index in [1.807, 2.05) is 30.3 Å². The van der Waals surface area contributed by atoms with Crippen LogP contribution in [-0.4, -0.2) is 17.3 Å². The number of phenolic OH excluding ortho intramolecular Hbond substituents is 1. The van der Waals surface area contributed by atoms with Gasteiger partial charge in [0.2, 0.25) is 0 Å². The van der Waals surface area contributed by atoms with Crippen molar-refractivity contribution in [3.63, 3.8) is 0 Å². The second kappa shape index (κ2) is 5.56. The summed E-state index contributed by atoms with van der Waals surface area (Å²) in [6, 6.07) is 13.1. The van der Waals surface area contributed by atoms with Crippen molar-refractivity contribution in [3.8, 4) is 11.5 Å². The number of aliphatic hydroxyl groups is 1. The first-order chi connectivity index (χ1) is 8.76. The van der Waals surface area contributed by atoms with Gasteiger partial charge in [-0.25, -0.2) is 0 Å². The van der Waals surface area contributed by atoms with Crippen LogP contribution < -0.4 is 4.74 Å². The van der Waals surface area contributed by atoms with Crippen LogP contribution in [-0.2, 0) is 13.0 Å². The lowest BCUT2D eigenvalue weighted by atomic mass is 9.98. The molecule has 0 aromatic heterocycles. The van der Waals surface area contributed by atoms with Crippen molar-refractivity contribution < 1.29 is 14.9 Å². The molecule has 3 nitrogen and oxygen atoms in total. The van der Waals surface area contributed by atoms with E-state index in [1.165, 1.54) is 7.11 Å². The van der Waals surface area contributed by atoms with Crippen LogP contribution in [0.1, 0.15) is 16.7 Å². The SMILES string of the molecule is COc1c(O)ccc(CO)c1Cc1ccccc1. The van der Waals surface area contributed by atoms with Gasteiger partial charge >= 0.3 is 0 Å². The molecule has 94 valence electrons. The third kappa shape index (κ3) is 2.46. The van der Waals surface area contributed by atoms with Gasteiger partial charge in [-0.05, 0) is 17.2 Å². The number of benzene rings is 2. The zero-order chi connectivity index (χ0) is 13.0. The Balaban J connectivity index is 2.44. The number of hydrogen-bond acceptors (Lipinski definition) is 3. The number of aromatic hydroxyl groups is 1. The summed E-state index contributed by atoms with van der Waals surface area (Å²) in [5.41, 5.74) is 2.70. The lowest BCUT2D eigenvalue weighted by Crippen LogP contribution is -2.00. The molecule has 2 N–H and O–H groups in total. The van der Waals surface area contributed by atoms with Crippen molar-refractivity contribution >= 4 is 0 Å². The zero-order valence-corrected chi connectivity index (χ0v) is 10.3. The van der Waals surface area contributed by atoms with Gasteiger partial charge in [-0.15, -0.1) is 0 Å². The predicted octanol–water partition coefficient (Wildman–Crippen LogP) is 2.48. The molecule has 0 aliphatic heterocycles. The number of hydrogen-bond donors (Lipinski definition) is 2. The number of aliphatic hydroxyl groups excluding tert-OH is 1. The van der Waals surface area contributed by atoms with E-state index < -0.39 is 0 Å². The van der Waals surface area contributed by atoms with Crippen LogP contribution in [0, 0.1) is 0 Å². The van der Waals surface area contributed by atoms with E-state index in [0.717, 1.165) is 16.7 Å². The highest BCUT2D eigenvalue weighted by atomic mass is 16.5. The van der Waals surface area contributed by atoms with Crippen LogP contribution in [0.2, 0.25) is 0 Å². The highest BCUT2D eigenvalue weighted by Crippen LogP contribution is 2.34. The van der Waals surface area contributed by atoms with E-state index in [2.05, 4.69) is 0 Å². The summed E-state index contributed by atoms with van der Waals surface area (Å²) < 4.78 is 5.23. The molecule has 2 aromatic rings. The lowest BCUT2D eigenvalue weighted by molar-refractivity contribution is 0.279. The molecule has 3 heteroatoms. The quantitative estimate of drug-likeness (QED) is 0.868. The zero-order valence-electron chi connectivity index (χ0n) is 10.3. The molecule has 0 unspecified atom stereocenters. The van der Waals surface area contributed by atoms with Crippen molar-refractivity contribution in [2.45, 2.75) is 13.0 Å². The van der Waals surface area contributed by atoms with Gasteiger partial charge < -0.3 is 14.9 Å². The minimum atomic E-state index is -0.0706. The van der Waals surface area contributed by atoms with Gasteiger partial charge in [-0.1, -0.05) is 36.4 Å². The first-order valence-corrected chi connectivity index (χ1v) is 5.78. The number of phenols is 1. The van der Waals surface area contributed by atoms with Crippen molar-refractivity contribution in [3.05, 3.63) is 59.2 Å². The Morgan fingerprint density at radius 1 is 1.06 bits per heavy atom. The second-order valence-corrected chi connectivity index (χ2v) is 4.08. The van der Waals surface area contributed by atoms with Gasteiger partial charge in [0.05, 0.1) is 13.7 Å². The monoisotopic (exact) mass is 244 g/mol. The number of rotatable bonds is 4. The van der Waals surface area contributed by atoms with Crippen LogP contribution >= 0.6 is 0 Å². The topological polar surface area (TPSA) is 49.7 Å². The molecule has 18 heavy (non-hydrogen) atoms. The van der Waals surface area contributed by atoms with Gasteiger partial charge in [0, 0.05) is 12.0 Å². The molecule has 0 fully saturated rings. The highest BCUT2D eigenvalue weighted by molar-refractivity contribution is 5.51. The maximum Gasteiger partial charge on any atom is 0.164 e. The second-order valence-electron chi connectivity index (χ2n) is 4.08. The third-order valence-corrected chi connectivity index (χ3v) is 2.93. The molecule has 0 amide bonds. The Kier molecular flexibility index (Phi) is 3.85. The van der Waals surface area contributed by atoms with E-state index in [0.29, 0.717) is 12.2 Å². The molecule has 0 aliphatic rings. The summed E-state index contributed by atoms with van der Waals surface area (Å²) in [4.78, 5) is 0. The fraction of sp³-hybridized carbons (Fsp3) is 0.200. The average molecular weight is 244 g/mol. The van der Waals surface area contributed by atoms with E-state index in [-0.39, 0.29) is 12.4 Å². The summed E-state index contributed by atoms with van der Waals surface area (Å²) in [6.07, 6.45) is 0.619. The van der Waals surface area contributed by atoms with Crippen LogP contribution in [0.25, 0.3) is 0 Å². The molecule has 0 radical (unpaired) electrons. The minimum Gasteiger partial charge on any atom is -0.504 e. The molecule has 0 heterocycles. The summed E-state index contributed by atoms with van der Waals surface area (Å²) in [5, 5.41) is 19.2. The first kappa shape index (κ1) is 12.5. The molecule has 0 saturated heterocycles. The Morgan fingerprint density at radius 2 is 1.78 bits per heavy atom. The normalized spacial score (nSPS) is 10.3. The molecule has 0 bridgehead atoms. The fourth-order valence-corrected chi connectivity index (χ4v) is 2.03.